The topological polar surface area (TPSA) is 84.0 Å². The summed E-state index contributed by atoms with van der Waals surface area (Å²) in [6.45, 7) is 4.27. The van der Waals surface area contributed by atoms with Crippen molar-refractivity contribution in [1.82, 2.24) is 4.90 Å². The fraction of sp³-hybridized carbons (Fsp3) is 0.529. The molecule has 1 aliphatic rings. The number of rotatable bonds is 7. The summed E-state index contributed by atoms with van der Waals surface area (Å²) in [5.41, 5.74) is 0.548. The SMILES string of the molecule is CCCCN(C)C(=O)CN1CC(=O)Oc2cc(S(=O)(=O)CC)ccc21. The number of sulfone groups is 1. The summed E-state index contributed by atoms with van der Waals surface area (Å²) in [5.74, 6) is -0.471. The van der Waals surface area contributed by atoms with Crippen molar-refractivity contribution < 1.29 is 22.7 Å². The summed E-state index contributed by atoms with van der Waals surface area (Å²) in [7, 11) is -1.66. The highest BCUT2D eigenvalue weighted by atomic mass is 32.2. The van der Waals surface area contributed by atoms with Crippen LogP contribution in [0.25, 0.3) is 0 Å². The summed E-state index contributed by atoms with van der Waals surface area (Å²) >= 11 is 0. The number of anilines is 1. The lowest BCUT2D eigenvalue weighted by molar-refractivity contribution is -0.133. The first kappa shape index (κ1) is 19.2. The Morgan fingerprint density at radius 1 is 1.32 bits per heavy atom. The van der Waals surface area contributed by atoms with Crippen LogP contribution in [0.15, 0.2) is 23.1 Å². The average Bonchev–Trinajstić information content (AvgIpc) is 2.58. The Labute approximate surface area is 148 Å². The van der Waals surface area contributed by atoms with Crippen LogP contribution in [0.3, 0.4) is 0 Å². The summed E-state index contributed by atoms with van der Waals surface area (Å²) in [6, 6.07) is 4.42. The van der Waals surface area contributed by atoms with Crippen molar-refractivity contribution in [3.8, 4) is 5.75 Å². The molecule has 0 fully saturated rings. The van der Waals surface area contributed by atoms with Crippen molar-refractivity contribution in [1.29, 1.82) is 0 Å². The Balaban J connectivity index is 2.24. The number of unbranched alkanes of at least 4 members (excludes halogenated alkanes) is 1. The lowest BCUT2D eigenvalue weighted by Gasteiger charge is -2.31. The lowest BCUT2D eigenvalue weighted by atomic mass is 10.2. The van der Waals surface area contributed by atoms with E-state index in [2.05, 4.69) is 6.92 Å². The Morgan fingerprint density at radius 2 is 2.04 bits per heavy atom. The maximum atomic E-state index is 12.3. The number of ether oxygens (including phenoxy) is 1. The van der Waals surface area contributed by atoms with Crippen molar-refractivity contribution in [3.63, 3.8) is 0 Å². The van der Waals surface area contributed by atoms with Gasteiger partial charge in [0.2, 0.25) is 5.91 Å². The molecular weight excluding hydrogens is 344 g/mol. The van der Waals surface area contributed by atoms with Crippen LogP contribution in [0.4, 0.5) is 5.69 Å². The molecule has 0 unspecified atom stereocenters. The number of hydrogen-bond acceptors (Lipinski definition) is 6. The second-order valence-corrected chi connectivity index (χ2v) is 8.31. The van der Waals surface area contributed by atoms with E-state index in [-0.39, 0.29) is 35.4 Å². The van der Waals surface area contributed by atoms with Crippen LogP contribution in [0.2, 0.25) is 0 Å². The molecule has 0 radical (unpaired) electrons. The lowest BCUT2D eigenvalue weighted by Crippen LogP contribution is -2.44. The molecule has 1 amide bonds. The molecule has 0 aliphatic carbocycles. The largest absolute Gasteiger partial charge is 0.423 e. The number of esters is 1. The van der Waals surface area contributed by atoms with E-state index < -0.39 is 15.8 Å². The summed E-state index contributed by atoms with van der Waals surface area (Å²) < 4.78 is 29.2. The van der Waals surface area contributed by atoms with Crippen LogP contribution in [0.5, 0.6) is 5.75 Å². The minimum absolute atomic E-state index is 0.0375. The van der Waals surface area contributed by atoms with Gasteiger partial charge in [0.1, 0.15) is 6.54 Å². The van der Waals surface area contributed by atoms with Crippen molar-refractivity contribution in [2.24, 2.45) is 0 Å². The molecule has 7 nitrogen and oxygen atoms in total. The predicted octanol–water partition coefficient (Wildman–Crippen LogP) is 1.46. The standard InChI is InChI=1S/C17H24N2O5S/c1-4-6-9-18(3)16(20)11-19-12-17(21)24-15-10-13(7-8-14(15)19)25(22,23)5-2/h7-8,10H,4-6,9,11-12H2,1-3H3. The van der Waals surface area contributed by atoms with Gasteiger partial charge in [-0.1, -0.05) is 20.3 Å². The molecule has 8 heteroatoms. The molecule has 1 aliphatic heterocycles. The summed E-state index contributed by atoms with van der Waals surface area (Å²) in [5, 5.41) is 0. The fourth-order valence-electron chi connectivity index (χ4n) is 2.54. The van der Waals surface area contributed by atoms with Gasteiger partial charge in [0.25, 0.3) is 0 Å². The Kier molecular flexibility index (Phi) is 6.05. The third kappa shape index (κ3) is 4.50. The number of amides is 1. The summed E-state index contributed by atoms with van der Waals surface area (Å²) in [6.07, 6.45) is 1.91. The normalized spacial score (nSPS) is 14.0. The molecule has 138 valence electrons. The van der Waals surface area contributed by atoms with Crippen molar-refractivity contribution in [3.05, 3.63) is 18.2 Å². The second kappa shape index (κ2) is 7.86. The first-order chi connectivity index (χ1) is 11.8. The van der Waals surface area contributed by atoms with Gasteiger partial charge in [-0.2, -0.15) is 0 Å². The number of hydrogen-bond donors (Lipinski definition) is 0. The van der Waals surface area contributed by atoms with Gasteiger partial charge < -0.3 is 14.5 Å². The van der Waals surface area contributed by atoms with E-state index in [1.165, 1.54) is 12.1 Å². The highest BCUT2D eigenvalue weighted by Gasteiger charge is 2.28. The molecular formula is C17H24N2O5S. The van der Waals surface area contributed by atoms with Crippen LogP contribution in [0, 0.1) is 0 Å². The van der Waals surface area contributed by atoms with Crippen LogP contribution in [0.1, 0.15) is 26.7 Å². The molecule has 25 heavy (non-hydrogen) atoms. The minimum atomic E-state index is -3.40. The first-order valence-corrected chi connectivity index (χ1v) is 10.00. The minimum Gasteiger partial charge on any atom is -0.423 e. The van der Waals surface area contributed by atoms with Gasteiger partial charge in [-0.25, -0.2) is 13.2 Å². The third-order valence-electron chi connectivity index (χ3n) is 4.15. The molecule has 1 heterocycles. The second-order valence-electron chi connectivity index (χ2n) is 6.03. The maximum absolute atomic E-state index is 12.3. The smallest absolute Gasteiger partial charge is 0.331 e. The van der Waals surface area contributed by atoms with Gasteiger partial charge in [0.15, 0.2) is 15.6 Å². The molecule has 0 saturated carbocycles. The Bertz CT molecular complexity index is 760. The van der Waals surface area contributed by atoms with Crippen LogP contribution in [-0.2, 0) is 19.4 Å². The van der Waals surface area contributed by atoms with Gasteiger partial charge in [0.05, 0.1) is 22.9 Å². The molecule has 0 N–H and O–H groups in total. The van der Waals surface area contributed by atoms with E-state index in [4.69, 9.17) is 4.74 Å². The summed E-state index contributed by atoms with van der Waals surface area (Å²) in [4.78, 5) is 27.6. The van der Waals surface area contributed by atoms with Crippen LogP contribution in [-0.4, -0.2) is 57.6 Å². The molecule has 0 spiro atoms. The van der Waals surface area contributed by atoms with E-state index in [9.17, 15) is 18.0 Å². The maximum Gasteiger partial charge on any atom is 0.331 e. The first-order valence-electron chi connectivity index (χ1n) is 8.35. The van der Waals surface area contributed by atoms with Crippen LogP contribution >= 0.6 is 0 Å². The highest BCUT2D eigenvalue weighted by Crippen LogP contribution is 2.34. The molecule has 1 aromatic carbocycles. The number of likely N-dealkylation sites (N-methyl/N-ethyl adjacent to an activating group) is 1. The Morgan fingerprint density at radius 3 is 2.68 bits per heavy atom. The molecule has 2 rings (SSSR count). The van der Waals surface area contributed by atoms with Crippen LogP contribution < -0.4 is 9.64 Å². The number of carbonyl (C=O) groups is 2. The van der Waals surface area contributed by atoms with Gasteiger partial charge in [0, 0.05) is 19.7 Å². The van der Waals surface area contributed by atoms with Gasteiger partial charge >= 0.3 is 5.97 Å². The van der Waals surface area contributed by atoms with Gasteiger partial charge in [-0.3, -0.25) is 4.79 Å². The zero-order valence-corrected chi connectivity index (χ0v) is 15.6. The quantitative estimate of drug-likeness (QED) is 0.535. The predicted molar refractivity (Wildman–Crippen MR) is 94.6 cm³/mol. The molecule has 1 aromatic rings. The van der Waals surface area contributed by atoms with E-state index in [0.29, 0.717) is 12.2 Å². The molecule has 0 atom stereocenters. The third-order valence-corrected chi connectivity index (χ3v) is 5.89. The average molecular weight is 368 g/mol. The molecule has 0 bridgehead atoms. The van der Waals surface area contributed by atoms with E-state index in [1.807, 2.05) is 0 Å². The zero-order chi connectivity index (χ0) is 18.6. The molecule has 0 saturated heterocycles. The van der Waals surface area contributed by atoms with Crippen molar-refractivity contribution in [2.45, 2.75) is 31.6 Å². The highest BCUT2D eigenvalue weighted by molar-refractivity contribution is 7.91. The van der Waals surface area contributed by atoms with E-state index in [0.717, 1.165) is 12.8 Å². The van der Waals surface area contributed by atoms with Crippen molar-refractivity contribution in [2.75, 3.05) is 37.3 Å². The Hall–Kier alpha value is -2.09. The van der Waals surface area contributed by atoms with Gasteiger partial charge in [-0.15, -0.1) is 0 Å². The van der Waals surface area contributed by atoms with Gasteiger partial charge in [-0.05, 0) is 18.6 Å². The number of benzene rings is 1. The zero-order valence-electron chi connectivity index (χ0n) is 14.8. The number of nitrogens with zero attached hydrogens (tertiary/aromatic N) is 2. The van der Waals surface area contributed by atoms with E-state index >= 15 is 0 Å². The van der Waals surface area contributed by atoms with E-state index in [1.54, 1.807) is 29.8 Å². The number of fused-ring (bicyclic) bond motifs is 1. The monoisotopic (exact) mass is 368 g/mol. The molecule has 0 aromatic heterocycles. The number of carbonyl (C=O) groups excluding carboxylic acids is 2. The van der Waals surface area contributed by atoms with Crippen molar-refractivity contribution >= 4 is 27.4 Å². The fourth-order valence-corrected chi connectivity index (χ4v) is 3.43.